The number of halogens is 7. The van der Waals surface area contributed by atoms with Gasteiger partial charge in [-0.15, -0.1) is 0 Å². The summed E-state index contributed by atoms with van der Waals surface area (Å²) in [6.07, 6.45) is -9.16. The van der Waals surface area contributed by atoms with Crippen LogP contribution in [0.5, 0.6) is 0 Å². The average molecular weight is 319 g/mol. The second-order valence-electron chi connectivity index (χ2n) is 3.85. The quantitative estimate of drug-likeness (QED) is 0.411. The standard InChI is InChI=1S/C8H11F7O3S/c9-6(10,8(14,15)19(16,17)18)4-2-1-3-5-7(11,12)13/h1-5H2,(H,16,17,18)/p-1. The van der Waals surface area contributed by atoms with Crippen LogP contribution in [-0.4, -0.2) is 30.3 Å². The fourth-order valence-electron chi connectivity index (χ4n) is 1.18. The zero-order valence-corrected chi connectivity index (χ0v) is 10.1. The lowest BCUT2D eigenvalue weighted by molar-refractivity contribution is -0.165. The lowest BCUT2D eigenvalue weighted by Crippen LogP contribution is -2.46. The van der Waals surface area contributed by atoms with Crippen LogP contribution in [0.2, 0.25) is 0 Å². The first-order valence-corrected chi connectivity index (χ1v) is 6.39. The number of unbranched alkanes of at least 4 members (excludes halogenated alkanes) is 2. The summed E-state index contributed by atoms with van der Waals surface area (Å²) in [7, 11) is -6.54. The van der Waals surface area contributed by atoms with Crippen LogP contribution >= 0.6 is 0 Å². The first-order valence-electron chi connectivity index (χ1n) is 4.98. The van der Waals surface area contributed by atoms with E-state index >= 15 is 0 Å². The maximum Gasteiger partial charge on any atom is 0.396 e. The molecule has 0 heterocycles. The summed E-state index contributed by atoms with van der Waals surface area (Å²) >= 11 is 0. The number of hydrogen-bond donors (Lipinski definition) is 0. The van der Waals surface area contributed by atoms with Crippen molar-refractivity contribution in [3.63, 3.8) is 0 Å². The zero-order chi connectivity index (χ0) is 15.5. The van der Waals surface area contributed by atoms with Crippen molar-refractivity contribution < 1.29 is 43.7 Å². The van der Waals surface area contributed by atoms with E-state index in [0.717, 1.165) is 0 Å². The van der Waals surface area contributed by atoms with E-state index in [1.54, 1.807) is 0 Å². The highest BCUT2D eigenvalue weighted by molar-refractivity contribution is 7.86. The van der Waals surface area contributed by atoms with Gasteiger partial charge in [-0.1, -0.05) is 6.42 Å². The fraction of sp³-hybridized carbons (Fsp3) is 1.00. The SMILES string of the molecule is O=S(=O)([O-])C(F)(F)C(F)(F)CCCCCC(F)(F)F. The molecule has 0 unspecified atom stereocenters. The van der Waals surface area contributed by atoms with Gasteiger partial charge in [0.2, 0.25) is 0 Å². The average Bonchev–Trinajstić information content (AvgIpc) is 2.12. The van der Waals surface area contributed by atoms with E-state index < -0.39 is 59.6 Å². The Hall–Kier alpha value is -0.580. The normalized spacial score (nSPS) is 14.7. The molecule has 0 N–H and O–H groups in total. The number of hydrogen-bond acceptors (Lipinski definition) is 3. The first kappa shape index (κ1) is 18.4. The summed E-state index contributed by atoms with van der Waals surface area (Å²) in [5.74, 6) is -5.11. The molecule has 0 aromatic heterocycles. The van der Waals surface area contributed by atoms with Crippen LogP contribution < -0.4 is 0 Å². The molecule has 0 saturated heterocycles. The lowest BCUT2D eigenvalue weighted by Gasteiger charge is -2.28. The van der Waals surface area contributed by atoms with Crippen LogP contribution in [0.15, 0.2) is 0 Å². The smallest absolute Gasteiger partial charge is 0.396 e. The topological polar surface area (TPSA) is 57.2 Å². The maximum atomic E-state index is 12.8. The maximum absolute atomic E-state index is 12.8. The van der Waals surface area contributed by atoms with Gasteiger partial charge in [0.05, 0.1) is 0 Å². The minimum Gasteiger partial charge on any atom is -0.743 e. The van der Waals surface area contributed by atoms with Gasteiger partial charge in [-0.05, 0) is 12.8 Å². The Balaban J connectivity index is 4.34. The van der Waals surface area contributed by atoms with Crippen molar-refractivity contribution in [3.8, 4) is 0 Å². The van der Waals surface area contributed by atoms with Crippen LogP contribution in [0.3, 0.4) is 0 Å². The third kappa shape index (κ3) is 5.51. The van der Waals surface area contributed by atoms with Gasteiger partial charge in [0.1, 0.15) is 0 Å². The Morgan fingerprint density at radius 1 is 0.789 bits per heavy atom. The molecule has 0 aliphatic heterocycles. The van der Waals surface area contributed by atoms with E-state index in [1.165, 1.54) is 0 Å². The van der Waals surface area contributed by atoms with E-state index in [9.17, 15) is 43.7 Å². The molecule has 0 aliphatic rings. The molecule has 0 aliphatic carbocycles. The molecule has 19 heavy (non-hydrogen) atoms. The zero-order valence-electron chi connectivity index (χ0n) is 9.31. The predicted octanol–water partition coefficient (Wildman–Crippen LogP) is 3.27. The molecule has 0 spiro atoms. The molecule has 0 aromatic carbocycles. The molecule has 11 heteroatoms. The van der Waals surface area contributed by atoms with E-state index in [2.05, 4.69) is 0 Å². The van der Waals surface area contributed by atoms with Gasteiger partial charge in [0.25, 0.3) is 0 Å². The van der Waals surface area contributed by atoms with Crippen LogP contribution in [-0.2, 0) is 10.1 Å². The Morgan fingerprint density at radius 3 is 1.58 bits per heavy atom. The summed E-state index contributed by atoms with van der Waals surface area (Å²) < 4.78 is 116. The van der Waals surface area contributed by atoms with Crippen LogP contribution in [0.1, 0.15) is 32.1 Å². The fourth-order valence-corrected chi connectivity index (χ4v) is 1.65. The van der Waals surface area contributed by atoms with Gasteiger partial charge >= 0.3 is 17.4 Å². The molecular formula is C8H10F7O3S-. The Labute approximate surface area is 104 Å². The molecule has 0 radical (unpaired) electrons. The third-order valence-corrected chi connectivity index (χ3v) is 3.12. The van der Waals surface area contributed by atoms with Crippen LogP contribution in [0.25, 0.3) is 0 Å². The van der Waals surface area contributed by atoms with Gasteiger partial charge < -0.3 is 4.55 Å². The molecule has 0 atom stereocenters. The van der Waals surface area contributed by atoms with Crippen molar-refractivity contribution in [2.75, 3.05) is 0 Å². The summed E-state index contributed by atoms with van der Waals surface area (Å²) in [6, 6.07) is 0. The van der Waals surface area contributed by atoms with Gasteiger partial charge in [-0.3, -0.25) is 0 Å². The van der Waals surface area contributed by atoms with E-state index in [-0.39, 0.29) is 0 Å². The van der Waals surface area contributed by atoms with Crippen molar-refractivity contribution >= 4 is 10.1 Å². The Kier molecular flexibility index (Phi) is 5.64. The van der Waals surface area contributed by atoms with Gasteiger partial charge in [0.15, 0.2) is 10.1 Å². The summed E-state index contributed by atoms with van der Waals surface area (Å²) in [5.41, 5.74) is 0. The first-order chi connectivity index (χ1) is 8.21. The molecule has 0 amide bonds. The molecule has 0 fully saturated rings. The molecule has 0 saturated carbocycles. The second kappa shape index (κ2) is 5.81. The molecule has 116 valence electrons. The molecule has 0 aromatic rings. The molecule has 0 rings (SSSR count). The summed E-state index contributed by atoms with van der Waals surface area (Å²) in [5, 5.41) is -5.77. The van der Waals surface area contributed by atoms with Crippen molar-refractivity contribution in [1.29, 1.82) is 0 Å². The highest BCUT2D eigenvalue weighted by Crippen LogP contribution is 2.41. The largest absolute Gasteiger partial charge is 0.743 e. The van der Waals surface area contributed by atoms with Crippen molar-refractivity contribution in [2.24, 2.45) is 0 Å². The number of alkyl halides is 7. The Bertz CT molecular complexity index is 388. The van der Waals surface area contributed by atoms with Crippen LogP contribution in [0.4, 0.5) is 30.7 Å². The van der Waals surface area contributed by atoms with Crippen molar-refractivity contribution in [2.45, 2.75) is 49.5 Å². The van der Waals surface area contributed by atoms with Gasteiger partial charge in [-0.2, -0.15) is 30.7 Å². The third-order valence-electron chi connectivity index (χ3n) is 2.19. The van der Waals surface area contributed by atoms with Crippen LogP contribution in [0, 0.1) is 0 Å². The van der Waals surface area contributed by atoms with Gasteiger partial charge in [-0.25, -0.2) is 8.42 Å². The highest BCUT2D eigenvalue weighted by atomic mass is 32.2. The van der Waals surface area contributed by atoms with Gasteiger partial charge in [0, 0.05) is 12.8 Å². The summed E-state index contributed by atoms with van der Waals surface area (Å²) in [6.45, 7) is 0. The predicted molar refractivity (Wildman–Crippen MR) is 48.7 cm³/mol. The van der Waals surface area contributed by atoms with E-state index in [1.807, 2.05) is 0 Å². The molecule has 0 bridgehead atoms. The summed E-state index contributed by atoms with van der Waals surface area (Å²) in [4.78, 5) is 0. The van der Waals surface area contributed by atoms with E-state index in [4.69, 9.17) is 0 Å². The number of rotatable bonds is 7. The monoisotopic (exact) mass is 319 g/mol. The van der Waals surface area contributed by atoms with E-state index in [0.29, 0.717) is 0 Å². The minimum atomic E-state index is -6.54. The highest BCUT2D eigenvalue weighted by Gasteiger charge is 2.60. The molecular weight excluding hydrogens is 309 g/mol. The minimum absolute atomic E-state index is 0.440. The van der Waals surface area contributed by atoms with Crippen molar-refractivity contribution in [3.05, 3.63) is 0 Å². The lowest BCUT2D eigenvalue weighted by atomic mass is 10.1. The Morgan fingerprint density at radius 2 is 1.21 bits per heavy atom. The second-order valence-corrected chi connectivity index (χ2v) is 5.27. The van der Waals surface area contributed by atoms with Crippen molar-refractivity contribution in [1.82, 2.24) is 0 Å². The molecule has 3 nitrogen and oxygen atoms in total.